The van der Waals surface area contributed by atoms with Crippen molar-refractivity contribution in [3.05, 3.63) is 174 Å². The molecule has 0 saturated heterocycles. The maximum atomic E-state index is 14.3. The number of aromatic nitrogens is 4. The summed E-state index contributed by atoms with van der Waals surface area (Å²) in [7, 11) is -1.88. The molecule has 0 unspecified atom stereocenters. The van der Waals surface area contributed by atoms with E-state index in [1.807, 2.05) is 36.4 Å². The summed E-state index contributed by atoms with van der Waals surface area (Å²) in [5, 5.41) is 5.45. The van der Waals surface area contributed by atoms with Gasteiger partial charge in [-0.3, -0.25) is 9.37 Å². The van der Waals surface area contributed by atoms with Gasteiger partial charge in [0.2, 0.25) is 5.71 Å². The second-order valence-electron chi connectivity index (χ2n) is 19.2. The third-order valence-electron chi connectivity index (χ3n) is 13.0. The number of pyridine rings is 2. The summed E-state index contributed by atoms with van der Waals surface area (Å²) >= 11 is 0. The van der Waals surface area contributed by atoms with Crippen LogP contribution in [-0.2, 0) is 20.1 Å². The smallest absolute Gasteiger partial charge is 0.216 e. The maximum absolute atomic E-state index is 14.3. The van der Waals surface area contributed by atoms with Crippen LogP contribution in [0.2, 0.25) is 19.6 Å². The van der Waals surface area contributed by atoms with Gasteiger partial charge in [-0.2, -0.15) is 0 Å². The fourth-order valence-corrected chi connectivity index (χ4v) is 10.8. The van der Waals surface area contributed by atoms with Crippen molar-refractivity contribution in [3.8, 4) is 39.5 Å². The number of benzene rings is 6. The van der Waals surface area contributed by atoms with Crippen LogP contribution in [0.5, 0.6) is 0 Å². The standard InChI is InChI=1S/C39H38N3O.C21H21FNSi.Ir/c1-7-25(8-2)32-19-18-29-31-22-27(17-20-35(31)43-39(29)41-32)38-40-33-15-11-12-16-34(33)42(38)37-30(23(3)4)21-26-13-9-10-14-28(26)36(37)24(5)6;1-15-12-20(23-14-21(15)24(2,3)4)17-10-11-19(22)18(13-17)16-8-6-5-7-9-16;/h9-16,18-25H,7-8H2,1-6H3;5-9,11-14H,1-4H3;/q2*-1;/i;1D3;. The fraction of sp³-hybridized carbons (Fsp3) is 0.250. The van der Waals surface area contributed by atoms with Crippen LogP contribution in [0.15, 0.2) is 138 Å². The van der Waals surface area contributed by atoms with E-state index in [4.69, 9.17) is 18.5 Å². The molecule has 4 heterocycles. The minimum atomic E-state index is -2.23. The Kier molecular flexibility index (Phi) is 13.0. The molecule has 0 spiro atoms. The Labute approximate surface area is 419 Å². The van der Waals surface area contributed by atoms with E-state index in [1.165, 1.54) is 33.7 Å². The minimum Gasteiger partial charge on any atom is -0.486 e. The summed E-state index contributed by atoms with van der Waals surface area (Å²) in [6, 6.07) is 48.3. The number of halogens is 1. The van der Waals surface area contributed by atoms with Gasteiger partial charge in [0.15, 0.2) is 0 Å². The maximum Gasteiger partial charge on any atom is 0.216 e. The monoisotopic (exact) mass is 1090 g/mol. The van der Waals surface area contributed by atoms with E-state index >= 15 is 0 Å². The van der Waals surface area contributed by atoms with Crippen LogP contribution in [0.1, 0.15) is 98.6 Å². The molecule has 10 aromatic rings. The molecule has 0 saturated carbocycles. The largest absolute Gasteiger partial charge is 0.486 e. The quantitative estimate of drug-likeness (QED) is 0.101. The second kappa shape index (κ2) is 19.9. The summed E-state index contributed by atoms with van der Waals surface area (Å²) in [5.41, 5.74) is 12.1. The van der Waals surface area contributed by atoms with Gasteiger partial charge in [-0.1, -0.05) is 150 Å². The summed E-state index contributed by atoms with van der Waals surface area (Å²) in [4.78, 5) is 14.7. The third-order valence-corrected chi connectivity index (χ3v) is 15.0. The number of aryl methyl sites for hydroxylation is 1. The van der Waals surface area contributed by atoms with Crippen molar-refractivity contribution >= 4 is 57.1 Å². The Bertz CT molecular complexity index is 3540. The number of para-hydroxylation sites is 2. The Hall–Kier alpha value is -6.05. The van der Waals surface area contributed by atoms with Gasteiger partial charge in [-0.05, 0) is 100 Å². The van der Waals surface area contributed by atoms with Crippen molar-refractivity contribution in [2.45, 2.75) is 98.6 Å². The Morgan fingerprint density at radius 2 is 1.47 bits per heavy atom. The van der Waals surface area contributed by atoms with Gasteiger partial charge in [0.1, 0.15) is 0 Å². The molecule has 0 aliphatic heterocycles. The predicted molar refractivity (Wildman–Crippen MR) is 281 cm³/mol. The van der Waals surface area contributed by atoms with E-state index in [2.05, 4.69) is 156 Å². The molecule has 0 fully saturated rings. The zero-order chi connectivity index (χ0) is 49.6. The number of nitrogens with zero attached hydrogens (tertiary/aromatic N) is 4. The van der Waals surface area contributed by atoms with E-state index in [-0.39, 0.29) is 25.9 Å². The zero-order valence-electron chi connectivity index (χ0n) is 43.3. The van der Waals surface area contributed by atoms with Gasteiger partial charge < -0.3 is 14.0 Å². The normalized spacial score (nSPS) is 12.7. The van der Waals surface area contributed by atoms with Gasteiger partial charge in [-0.25, -0.2) is 4.98 Å². The molecule has 0 N–H and O–H groups in total. The summed E-state index contributed by atoms with van der Waals surface area (Å²) in [5.74, 6) is 1.59. The van der Waals surface area contributed by atoms with Crippen LogP contribution in [0.4, 0.5) is 4.39 Å². The Balaban J connectivity index is 0.000000209. The van der Waals surface area contributed by atoms with Gasteiger partial charge >= 0.3 is 0 Å². The first-order valence-corrected chi connectivity index (χ1v) is 27.0. The van der Waals surface area contributed by atoms with Crippen LogP contribution in [0.3, 0.4) is 0 Å². The van der Waals surface area contributed by atoms with Crippen LogP contribution >= 0.6 is 0 Å². The van der Waals surface area contributed by atoms with Crippen LogP contribution in [0.25, 0.3) is 83.3 Å². The van der Waals surface area contributed by atoms with Crippen molar-refractivity contribution < 1.29 is 33.0 Å². The van der Waals surface area contributed by atoms with Gasteiger partial charge in [0.05, 0.1) is 30.5 Å². The van der Waals surface area contributed by atoms with E-state index in [0.29, 0.717) is 45.9 Å². The van der Waals surface area contributed by atoms with Crippen molar-refractivity contribution in [3.63, 3.8) is 0 Å². The average molecular weight is 1090 g/mol. The first kappa shape index (κ1) is 44.5. The molecule has 1 radical (unpaired) electrons. The molecule has 0 bridgehead atoms. The van der Waals surface area contributed by atoms with Crippen LogP contribution in [0, 0.1) is 24.8 Å². The summed E-state index contributed by atoms with van der Waals surface area (Å²) < 4.78 is 46.7. The number of hydrogen-bond acceptors (Lipinski definition) is 4. The van der Waals surface area contributed by atoms with E-state index in [9.17, 15) is 4.39 Å². The summed E-state index contributed by atoms with van der Waals surface area (Å²) in [6.07, 6.45) is 3.80. The fourth-order valence-electron chi connectivity index (χ4n) is 9.43. The van der Waals surface area contributed by atoms with Gasteiger partial charge in [0.25, 0.3) is 0 Å². The number of imidazole rings is 1. The molecule has 68 heavy (non-hydrogen) atoms. The van der Waals surface area contributed by atoms with Crippen molar-refractivity contribution in [2.75, 3.05) is 0 Å². The molecular weight excluding hydrogens is 1030 g/mol. The van der Waals surface area contributed by atoms with Crippen molar-refractivity contribution in [1.82, 2.24) is 19.5 Å². The number of hydrogen-bond donors (Lipinski definition) is 0. The van der Waals surface area contributed by atoms with Crippen LogP contribution < -0.4 is 5.19 Å². The SMILES string of the molecule is CCC(CC)c1ccc2c(n1)oc1c[c-]c(-c3nc4ccccc4n3-c3c(C(C)C)cc4ccccc4c3C(C)C)cc12.[2H]C([2H])([2H])c1cc(-c2[c-]cc(F)c(-c3ccccc3)c2)ncc1[Si](C)(C)C.[Ir]. The summed E-state index contributed by atoms with van der Waals surface area (Å²) in [6.45, 7) is 17.7. The number of rotatable bonds is 10. The van der Waals surface area contributed by atoms with Crippen LogP contribution in [-0.4, -0.2) is 27.6 Å². The molecule has 347 valence electrons. The molecule has 5 nitrogen and oxygen atoms in total. The third kappa shape index (κ3) is 9.26. The Morgan fingerprint density at radius 1 is 0.750 bits per heavy atom. The molecule has 0 atom stereocenters. The molecule has 0 aliphatic carbocycles. The topological polar surface area (TPSA) is 56.7 Å². The van der Waals surface area contributed by atoms with Crippen molar-refractivity contribution in [2.24, 2.45) is 0 Å². The Morgan fingerprint density at radius 3 is 2.19 bits per heavy atom. The van der Waals surface area contributed by atoms with Gasteiger partial charge in [0, 0.05) is 58.9 Å². The van der Waals surface area contributed by atoms with Crippen molar-refractivity contribution in [1.29, 1.82) is 0 Å². The van der Waals surface area contributed by atoms with E-state index < -0.39 is 14.9 Å². The van der Waals surface area contributed by atoms with E-state index in [1.54, 1.807) is 18.3 Å². The minimum absolute atomic E-state index is 0. The molecule has 0 amide bonds. The molecule has 0 aliphatic rings. The second-order valence-corrected chi connectivity index (χ2v) is 24.2. The van der Waals surface area contributed by atoms with Gasteiger partial charge in [-0.15, -0.1) is 47.5 Å². The molecule has 4 aromatic heterocycles. The number of fused-ring (bicyclic) bond motifs is 5. The predicted octanol–water partition coefficient (Wildman–Crippen LogP) is 16.3. The molecule has 6 aromatic carbocycles. The molecule has 10 rings (SSSR count). The van der Waals surface area contributed by atoms with E-state index in [0.717, 1.165) is 68.1 Å². The molecule has 8 heteroatoms. The first-order chi connectivity index (χ1) is 33.5. The average Bonchev–Trinajstić information content (AvgIpc) is 3.91. The zero-order valence-corrected chi connectivity index (χ0v) is 43.7. The number of furan rings is 1. The first-order valence-electron chi connectivity index (χ1n) is 25.0. The molecular formula is C60H59FIrN4OSi-2.